The lowest BCUT2D eigenvalue weighted by Gasteiger charge is -2.35. The number of benzene rings is 1. The molecule has 1 aromatic carbocycles. The van der Waals surface area contributed by atoms with Crippen LogP contribution in [0, 0.1) is 0 Å². The first-order valence-electron chi connectivity index (χ1n) is 7.46. The molecule has 26 heavy (non-hydrogen) atoms. The van der Waals surface area contributed by atoms with Gasteiger partial charge in [-0.15, -0.1) is 0 Å². The van der Waals surface area contributed by atoms with Gasteiger partial charge in [0.2, 0.25) is 0 Å². The largest absolute Gasteiger partial charge is 0.466 e. The lowest BCUT2D eigenvalue weighted by molar-refractivity contribution is -0.146. The average molecular weight is 423 g/mol. The van der Waals surface area contributed by atoms with Crippen LogP contribution in [0.3, 0.4) is 0 Å². The van der Waals surface area contributed by atoms with Crippen LogP contribution in [0.15, 0.2) is 45.4 Å². The topological polar surface area (TPSA) is 117 Å². The van der Waals surface area contributed by atoms with E-state index in [9.17, 15) is 14.4 Å². The molecule has 136 valence electrons. The third-order valence-electron chi connectivity index (χ3n) is 4.36. The van der Waals surface area contributed by atoms with Crippen molar-refractivity contribution in [2.75, 3.05) is 19.5 Å². The maximum absolute atomic E-state index is 13.0. The number of nitrogens with two attached hydrogens (primary N) is 1. The van der Waals surface area contributed by atoms with Gasteiger partial charge in [0.15, 0.2) is 5.41 Å². The van der Waals surface area contributed by atoms with Gasteiger partial charge in [-0.25, -0.2) is 14.4 Å². The second kappa shape index (κ2) is 6.17. The minimum Gasteiger partial charge on any atom is -0.466 e. The van der Waals surface area contributed by atoms with Gasteiger partial charge in [-0.3, -0.25) is 0 Å². The summed E-state index contributed by atoms with van der Waals surface area (Å²) < 4.78 is 15.6. The number of fused-ring (bicyclic) bond motifs is 2. The van der Waals surface area contributed by atoms with E-state index in [1.54, 1.807) is 18.2 Å². The Hall–Kier alpha value is -2.81. The highest BCUT2D eigenvalue weighted by atomic mass is 79.9. The first-order chi connectivity index (χ1) is 12.3. The number of nitrogens with one attached hydrogen (secondary N) is 1. The number of cyclic esters (lactones) is 1. The average Bonchev–Trinajstić information content (AvgIpc) is 2.85. The van der Waals surface area contributed by atoms with Gasteiger partial charge in [0, 0.05) is 15.7 Å². The summed E-state index contributed by atoms with van der Waals surface area (Å²) in [4.78, 5) is 38.1. The van der Waals surface area contributed by atoms with Crippen LogP contribution < -0.4 is 11.1 Å². The van der Waals surface area contributed by atoms with Crippen LogP contribution in [-0.2, 0) is 34.0 Å². The van der Waals surface area contributed by atoms with Crippen molar-refractivity contribution in [1.29, 1.82) is 0 Å². The molecule has 3 rings (SSSR count). The van der Waals surface area contributed by atoms with E-state index >= 15 is 0 Å². The number of hydrogen-bond donors (Lipinski definition) is 2. The molecule has 1 spiro atoms. The highest BCUT2D eigenvalue weighted by molar-refractivity contribution is 9.10. The molecule has 0 radical (unpaired) electrons. The first kappa shape index (κ1) is 18.0. The minimum atomic E-state index is -1.89. The molecule has 0 aliphatic carbocycles. The zero-order valence-corrected chi connectivity index (χ0v) is 15.7. The van der Waals surface area contributed by atoms with Crippen LogP contribution in [0.5, 0.6) is 0 Å². The quantitative estimate of drug-likeness (QED) is 0.543. The smallest absolute Gasteiger partial charge is 0.339 e. The Morgan fingerprint density at radius 1 is 1.19 bits per heavy atom. The molecule has 0 bridgehead atoms. The van der Waals surface area contributed by atoms with E-state index in [4.69, 9.17) is 19.9 Å². The van der Waals surface area contributed by atoms with Crippen LogP contribution in [0.4, 0.5) is 5.69 Å². The number of ether oxygens (including phenoxy) is 3. The molecule has 0 saturated heterocycles. The van der Waals surface area contributed by atoms with Gasteiger partial charge >= 0.3 is 17.9 Å². The molecule has 8 nitrogen and oxygen atoms in total. The van der Waals surface area contributed by atoms with E-state index < -0.39 is 23.3 Å². The molecule has 0 amide bonds. The van der Waals surface area contributed by atoms with Crippen molar-refractivity contribution in [2.24, 2.45) is 5.73 Å². The Kier molecular flexibility index (Phi) is 4.27. The number of hydrogen-bond acceptors (Lipinski definition) is 8. The van der Waals surface area contributed by atoms with Gasteiger partial charge < -0.3 is 25.3 Å². The summed E-state index contributed by atoms with van der Waals surface area (Å²) in [5, 5.41) is 2.87. The SMILES string of the molecule is COC(=O)C1=C(N)Nc2ccc(Br)cc2C12C(=O)OC(C)=C2C(=O)OC. The number of anilines is 1. The number of carbonyl (C=O) groups excluding carboxylic acids is 3. The maximum Gasteiger partial charge on any atom is 0.339 e. The van der Waals surface area contributed by atoms with E-state index in [2.05, 4.69) is 21.2 Å². The highest BCUT2D eigenvalue weighted by Gasteiger charge is 2.62. The van der Waals surface area contributed by atoms with Crippen LogP contribution >= 0.6 is 15.9 Å². The zero-order chi connectivity index (χ0) is 19.2. The number of allylic oxidation sites excluding steroid dienone is 1. The third-order valence-corrected chi connectivity index (χ3v) is 4.85. The Bertz CT molecular complexity index is 920. The summed E-state index contributed by atoms with van der Waals surface area (Å²) in [6, 6.07) is 5.00. The fraction of sp³-hybridized carbons (Fsp3) is 0.235. The second-order valence-electron chi connectivity index (χ2n) is 5.66. The predicted molar refractivity (Wildman–Crippen MR) is 93.5 cm³/mol. The van der Waals surface area contributed by atoms with Crippen molar-refractivity contribution in [3.63, 3.8) is 0 Å². The summed E-state index contributed by atoms with van der Waals surface area (Å²) >= 11 is 3.34. The van der Waals surface area contributed by atoms with Gasteiger partial charge in [0.1, 0.15) is 22.7 Å². The standard InChI is InChI=1S/C17H15BrN2O6/c1-7-11(14(21)24-2)17(16(23)26-7)9-6-8(18)4-5-10(9)20-13(19)12(17)15(22)25-3/h4-6,20H,19H2,1-3H3. The van der Waals surface area contributed by atoms with E-state index in [0.717, 1.165) is 7.11 Å². The van der Waals surface area contributed by atoms with Gasteiger partial charge in [0.25, 0.3) is 0 Å². The lowest BCUT2D eigenvalue weighted by atomic mass is 9.67. The second-order valence-corrected chi connectivity index (χ2v) is 6.57. The molecule has 3 N–H and O–H groups in total. The molecule has 0 saturated carbocycles. The number of rotatable bonds is 2. The van der Waals surface area contributed by atoms with Crippen molar-refractivity contribution in [3.8, 4) is 0 Å². The van der Waals surface area contributed by atoms with Crippen molar-refractivity contribution in [2.45, 2.75) is 12.3 Å². The number of esters is 3. The van der Waals surface area contributed by atoms with Crippen LogP contribution in [-0.4, -0.2) is 32.1 Å². The van der Waals surface area contributed by atoms with Crippen molar-refractivity contribution >= 4 is 39.5 Å². The number of methoxy groups -OCH3 is 2. The predicted octanol–water partition coefficient (Wildman–Crippen LogP) is 1.46. The van der Waals surface area contributed by atoms with Gasteiger partial charge in [-0.2, -0.15) is 0 Å². The molecular weight excluding hydrogens is 408 g/mol. The van der Waals surface area contributed by atoms with Crippen LogP contribution in [0.1, 0.15) is 12.5 Å². The van der Waals surface area contributed by atoms with E-state index in [1.165, 1.54) is 14.0 Å². The summed E-state index contributed by atoms with van der Waals surface area (Å²) in [7, 11) is 2.33. The van der Waals surface area contributed by atoms with Gasteiger partial charge in [-0.1, -0.05) is 15.9 Å². The molecule has 2 heterocycles. The number of halogens is 1. The molecule has 0 fully saturated rings. The summed E-state index contributed by atoms with van der Waals surface area (Å²) in [6.07, 6.45) is 0. The molecule has 2 aliphatic heterocycles. The normalized spacial score (nSPS) is 21.3. The zero-order valence-electron chi connectivity index (χ0n) is 14.1. The highest BCUT2D eigenvalue weighted by Crippen LogP contribution is 2.53. The Morgan fingerprint density at radius 2 is 1.81 bits per heavy atom. The lowest BCUT2D eigenvalue weighted by Crippen LogP contribution is -2.47. The van der Waals surface area contributed by atoms with Crippen LogP contribution in [0.25, 0.3) is 0 Å². The fourth-order valence-electron chi connectivity index (χ4n) is 3.35. The van der Waals surface area contributed by atoms with Crippen molar-refractivity contribution < 1.29 is 28.6 Å². The molecular formula is C17H15BrN2O6. The van der Waals surface area contributed by atoms with Crippen molar-refractivity contribution in [3.05, 3.63) is 51.0 Å². The summed E-state index contributed by atoms with van der Waals surface area (Å²) in [5.74, 6) is -2.59. The van der Waals surface area contributed by atoms with Crippen LogP contribution in [0.2, 0.25) is 0 Å². The molecule has 1 atom stereocenters. The maximum atomic E-state index is 13.0. The Balaban J connectivity index is 2.47. The summed E-state index contributed by atoms with van der Waals surface area (Å²) in [5.41, 5.74) is 4.59. The molecule has 1 unspecified atom stereocenters. The van der Waals surface area contributed by atoms with Gasteiger partial charge in [0.05, 0.1) is 14.2 Å². The third kappa shape index (κ3) is 2.23. The van der Waals surface area contributed by atoms with E-state index in [-0.39, 0.29) is 22.7 Å². The monoisotopic (exact) mass is 422 g/mol. The van der Waals surface area contributed by atoms with E-state index in [1.807, 2.05) is 0 Å². The van der Waals surface area contributed by atoms with Crippen molar-refractivity contribution in [1.82, 2.24) is 0 Å². The molecule has 9 heteroatoms. The molecule has 2 aliphatic rings. The minimum absolute atomic E-state index is 0.0314. The summed E-state index contributed by atoms with van der Waals surface area (Å²) in [6.45, 7) is 1.45. The molecule has 1 aromatic rings. The van der Waals surface area contributed by atoms with Gasteiger partial charge in [-0.05, 0) is 25.1 Å². The first-order valence-corrected chi connectivity index (χ1v) is 8.25. The number of carbonyl (C=O) groups is 3. The van der Waals surface area contributed by atoms with E-state index in [0.29, 0.717) is 15.7 Å². The Morgan fingerprint density at radius 3 is 2.42 bits per heavy atom. The Labute approximate surface area is 157 Å². The fourth-order valence-corrected chi connectivity index (χ4v) is 3.71. The molecule has 0 aromatic heterocycles.